The van der Waals surface area contributed by atoms with Gasteiger partial charge in [-0.05, 0) is 30.9 Å². The first-order valence-corrected chi connectivity index (χ1v) is 12.9. The lowest BCUT2D eigenvalue weighted by atomic mass is 10.1. The van der Waals surface area contributed by atoms with Crippen LogP contribution in [0.25, 0.3) is 10.9 Å². The molecule has 5 rings (SSSR count). The van der Waals surface area contributed by atoms with Gasteiger partial charge in [0.05, 0.1) is 30.3 Å². The van der Waals surface area contributed by atoms with Crippen LogP contribution < -0.4 is 5.32 Å². The molecule has 8 heteroatoms. The van der Waals surface area contributed by atoms with Gasteiger partial charge in [0.25, 0.3) is 0 Å². The Kier molecular flexibility index (Phi) is 7.63. The molecule has 1 saturated heterocycles. The number of amides is 2. The Bertz CT molecular complexity index is 1190. The highest BCUT2D eigenvalue weighted by Crippen LogP contribution is 2.28. The van der Waals surface area contributed by atoms with Crippen molar-refractivity contribution in [2.45, 2.75) is 44.4 Å². The lowest BCUT2D eigenvalue weighted by Crippen LogP contribution is -2.45. The fraction of sp³-hybridized carbons (Fsp3) is 0.464. The molecular formula is C28H35N5O3. The molecule has 2 amide bonds. The van der Waals surface area contributed by atoms with E-state index in [4.69, 9.17) is 4.74 Å². The highest BCUT2D eigenvalue weighted by atomic mass is 16.5. The van der Waals surface area contributed by atoms with Crippen molar-refractivity contribution < 1.29 is 14.3 Å². The van der Waals surface area contributed by atoms with Crippen molar-refractivity contribution in [1.82, 2.24) is 24.9 Å². The summed E-state index contributed by atoms with van der Waals surface area (Å²) in [5.41, 5.74) is 2.96. The van der Waals surface area contributed by atoms with Crippen molar-refractivity contribution in [3.05, 3.63) is 65.9 Å². The van der Waals surface area contributed by atoms with Gasteiger partial charge in [-0.2, -0.15) is 5.10 Å². The second-order valence-electron chi connectivity index (χ2n) is 9.89. The van der Waals surface area contributed by atoms with Crippen molar-refractivity contribution in [2.24, 2.45) is 7.05 Å². The second kappa shape index (κ2) is 11.2. The second-order valence-corrected chi connectivity index (χ2v) is 9.89. The molecule has 190 valence electrons. The van der Waals surface area contributed by atoms with E-state index in [0.717, 1.165) is 42.4 Å². The lowest BCUT2D eigenvalue weighted by Gasteiger charge is -2.28. The first kappa shape index (κ1) is 24.5. The van der Waals surface area contributed by atoms with Crippen LogP contribution in [0.5, 0.6) is 0 Å². The first-order valence-electron chi connectivity index (χ1n) is 12.9. The minimum Gasteiger partial charge on any atom is -0.375 e. The van der Waals surface area contributed by atoms with Gasteiger partial charge < -0.3 is 15.0 Å². The minimum atomic E-state index is -0.145. The van der Waals surface area contributed by atoms with Gasteiger partial charge in [-0.15, -0.1) is 0 Å². The average molecular weight is 490 g/mol. The third kappa shape index (κ3) is 6.12. The number of hydrogen-bond donors (Lipinski definition) is 1. The molecule has 2 heterocycles. The Morgan fingerprint density at radius 2 is 1.89 bits per heavy atom. The third-order valence-electron chi connectivity index (χ3n) is 6.99. The Balaban J connectivity index is 1.14. The van der Waals surface area contributed by atoms with E-state index in [9.17, 15) is 9.59 Å². The SMILES string of the molecule is Cn1nc(CC(=O)NCC2CN(CC(=O)N(Cc3ccccc3)C3CC3)CCCO2)c2ccccc21. The van der Waals surface area contributed by atoms with E-state index < -0.39 is 0 Å². The monoisotopic (exact) mass is 489 g/mol. The molecule has 1 unspecified atom stereocenters. The summed E-state index contributed by atoms with van der Waals surface area (Å²) in [6, 6.07) is 18.5. The zero-order valence-electron chi connectivity index (χ0n) is 20.9. The maximum absolute atomic E-state index is 13.3. The maximum atomic E-state index is 13.3. The van der Waals surface area contributed by atoms with E-state index in [2.05, 4.69) is 27.4 Å². The minimum absolute atomic E-state index is 0.0721. The molecule has 1 atom stereocenters. The fourth-order valence-corrected chi connectivity index (χ4v) is 4.97. The summed E-state index contributed by atoms with van der Waals surface area (Å²) in [4.78, 5) is 30.2. The first-order chi connectivity index (χ1) is 17.6. The van der Waals surface area contributed by atoms with Crippen LogP contribution in [0.15, 0.2) is 54.6 Å². The Hall–Kier alpha value is -3.23. The van der Waals surface area contributed by atoms with Crippen molar-refractivity contribution >= 4 is 22.7 Å². The van der Waals surface area contributed by atoms with Crippen molar-refractivity contribution in [1.29, 1.82) is 0 Å². The molecule has 36 heavy (non-hydrogen) atoms. The molecule has 1 aliphatic heterocycles. The topological polar surface area (TPSA) is 79.7 Å². The van der Waals surface area contributed by atoms with Crippen LogP contribution in [0, 0.1) is 0 Å². The summed E-state index contributed by atoms with van der Waals surface area (Å²) in [6.07, 6.45) is 3.13. The predicted octanol–water partition coefficient (Wildman–Crippen LogP) is 2.51. The van der Waals surface area contributed by atoms with Gasteiger partial charge in [0.1, 0.15) is 0 Å². The number of rotatable bonds is 9. The van der Waals surface area contributed by atoms with E-state index in [1.54, 1.807) is 0 Å². The van der Waals surface area contributed by atoms with Crippen LogP contribution in [0.4, 0.5) is 0 Å². The van der Waals surface area contributed by atoms with E-state index >= 15 is 0 Å². The number of para-hydroxylation sites is 1. The summed E-state index contributed by atoms with van der Waals surface area (Å²) in [5.74, 6) is 0.102. The molecule has 0 bridgehead atoms. The lowest BCUT2D eigenvalue weighted by molar-refractivity contribution is -0.134. The fourth-order valence-electron chi connectivity index (χ4n) is 4.97. The summed E-state index contributed by atoms with van der Waals surface area (Å²) in [5, 5.41) is 8.55. The van der Waals surface area contributed by atoms with Gasteiger partial charge >= 0.3 is 0 Å². The van der Waals surface area contributed by atoms with Crippen LogP contribution in [0.2, 0.25) is 0 Å². The number of nitrogens with zero attached hydrogens (tertiary/aromatic N) is 4. The van der Waals surface area contributed by atoms with Crippen LogP contribution in [-0.2, 0) is 34.3 Å². The van der Waals surface area contributed by atoms with Gasteiger partial charge in [0.15, 0.2) is 0 Å². The number of fused-ring (bicyclic) bond motifs is 1. The largest absolute Gasteiger partial charge is 0.375 e. The number of aryl methyl sites for hydroxylation is 1. The number of aromatic nitrogens is 2. The summed E-state index contributed by atoms with van der Waals surface area (Å²) >= 11 is 0. The molecule has 8 nitrogen and oxygen atoms in total. The van der Waals surface area contributed by atoms with E-state index in [1.165, 1.54) is 5.56 Å². The molecule has 1 saturated carbocycles. The van der Waals surface area contributed by atoms with Gasteiger partial charge in [-0.3, -0.25) is 19.2 Å². The van der Waals surface area contributed by atoms with Crippen molar-refractivity contribution in [2.75, 3.05) is 32.8 Å². The quantitative estimate of drug-likeness (QED) is 0.500. The van der Waals surface area contributed by atoms with E-state index in [0.29, 0.717) is 38.8 Å². The molecule has 2 aromatic carbocycles. The highest BCUT2D eigenvalue weighted by molar-refractivity contribution is 5.87. The zero-order chi connectivity index (χ0) is 24.9. The highest BCUT2D eigenvalue weighted by Gasteiger charge is 2.33. The number of carbonyl (C=O) groups is 2. The molecule has 2 aliphatic rings. The molecule has 0 radical (unpaired) electrons. The third-order valence-corrected chi connectivity index (χ3v) is 6.99. The predicted molar refractivity (Wildman–Crippen MR) is 138 cm³/mol. The van der Waals surface area contributed by atoms with Crippen molar-refractivity contribution in [3.63, 3.8) is 0 Å². The van der Waals surface area contributed by atoms with Crippen LogP contribution in [0.1, 0.15) is 30.5 Å². The summed E-state index contributed by atoms with van der Waals surface area (Å²) in [6.45, 7) is 3.55. The van der Waals surface area contributed by atoms with E-state index in [-0.39, 0.29) is 24.3 Å². The molecule has 3 aromatic rings. The Morgan fingerprint density at radius 1 is 1.11 bits per heavy atom. The van der Waals surface area contributed by atoms with Crippen LogP contribution in [0.3, 0.4) is 0 Å². The number of nitrogens with one attached hydrogen (secondary N) is 1. The maximum Gasteiger partial charge on any atom is 0.237 e. The Labute approximate surface area is 212 Å². The smallest absolute Gasteiger partial charge is 0.237 e. The molecule has 2 fully saturated rings. The molecule has 1 N–H and O–H groups in total. The zero-order valence-corrected chi connectivity index (χ0v) is 20.9. The summed E-state index contributed by atoms with van der Waals surface area (Å²) < 4.78 is 7.81. The molecule has 1 aromatic heterocycles. The Morgan fingerprint density at radius 3 is 2.69 bits per heavy atom. The number of ether oxygens (including phenoxy) is 1. The van der Waals surface area contributed by atoms with Gasteiger partial charge in [-0.25, -0.2) is 0 Å². The molecule has 1 aliphatic carbocycles. The van der Waals surface area contributed by atoms with Gasteiger partial charge in [0.2, 0.25) is 11.8 Å². The van der Waals surface area contributed by atoms with Crippen LogP contribution in [-0.4, -0.2) is 76.3 Å². The number of hydrogen-bond acceptors (Lipinski definition) is 5. The van der Waals surface area contributed by atoms with Gasteiger partial charge in [-0.1, -0.05) is 48.5 Å². The molecule has 0 spiro atoms. The van der Waals surface area contributed by atoms with E-state index in [1.807, 2.05) is 59.1 Å². The number of benzene rings is 2. The molecular weight excluding hydrogens is 454 g/mol. The standard InChI is InChI=1S/C28H35N5O3/c1-31-26-11-6-5-10-24(26)25(30-31)16-27(34)29-17-23-19-32(14-7-15-36-23)20-28(35)33(22-12-13-22)18-21-8-3-2-4-9-21/h2-6,8-11,22-23H,7,12-20H2,1H3,(H,29,34). The number of carbonyl (C=O) groups excluding carboxylic acids is 2. The average Bonchev–Trinajstić information content (AvgIpc) is 3.71. The van der Waals surface area contributed by atoms with Crippen LogP contribution >= 0.6 is 0 Å². The summed E-state index contributed by atoms with van der Waals surface area (Å²) in [7, 11) is 1.89. The van der Waals surface area contributed by atoms with Crippen molar-refractivity contribution in [3.8, 4) is 0 Å². The normalized spacial score (nSPS) is 18.6. The van der Waals surface area contributed by atoms with Gasteiger partial charge in [0, 0.05) is 51.3 Å².